The van der Waals surface area contributed by atoms with Crippen LogP contribution in [0.15, 0.2) is 53.4 Å². The lowest BCUT2D eigenvalue weighted by Gasteiger charge is -2.12. The number of hydrogen-bond donors (Lipinski definition) is 1. The number of hydrogen-bond acceptors (Lipinski definition) is 5. The summed E-state index contributed by atoms with van der Waals surface area (Å²) in [7, 11) is -3.94. The zero-order valence-electron chi connectivity index (χ0n) is 11.7. The molecule has 1 N–H and O–H groups in total. The van der Waals surface area contributed by atoms with Gasteiger partial charge in [0.1, 0.15) is 5.75 Å². The zero-order valence-corrected chi connectivity index (χ0v) is 12.5. The number of para-hydroxylation sites is 2. The Hall–Kier alpha value is -2.61. The summed E-state index contributed by atoms with van der Waals surface area (Å²) in [5, 5.41) is 10.7. The minimum absolute atomic E-state index is 0.187. The van der Waals surface area contributed by atoms with Crippen LogP contribution < -0.4 is 9.46 Å². The number of anilines is 1. The van der Waals surface area contributed by atoms with Crippen LogP contribution in [0.3, 0.4) is 0 Å². The van der Waals surface area contributed by atoms with Crippen LogP contribution in [0.2, 0.25) is 0 Å². The van der Waals surface area contributed by atoms with Crippen LogP contribution in [-0.4, -0.2) is 19.9 Å². The van der Waals surface area contributed by atoms with E-state index < -0.39 is 14.9 Å². The molecule has 0 bridgehead atoms. The van der Waals surface area contributed by atoms with Crippen LogP contribution in [0.1, 0.15) is 6.92 Å². The molecule has 0 spiro atoms. The van der Waals surface area contributed by atoms with Crippen molar-refractivity contribution in [1.29, 1.82) is 0 Å². The average Bonchev–Trinajstić information content (AvgIpc) is 2.49. The summed E-state index contributed by atoms with van der Waals surface area (Å²) in [6.07, 6.45) is 0. The minimum atomic E-state index is -3.94. The number of sulfonamides is 1. The van der Waals surface area contributed by atoms with Crippen molar-refractivity contribution >= 4 is 21.4 Å². The van der Waals surface area contributed by atoms with E-state index in [9.17, 15) is 18.5 Å². The summed E-state index contributed by atoms with van der Waals surface area (Å²) in [6, 6.07) is 11.4. The highest BCUT2D eigenvalue weighted by Gasteiger charge is 2.19. The number of nitro benzene ring substituents is 1. The summed E-state index contributed by atoms with van der Waals surface area (Å²) in [5.41, 5.74) is -0.0168. The third kappa shape index (κ3) is 3.53. The van der Waals surface area contributed by atoms with Crippen molar-refractivity contribution < 1.29 is 18.1 Å². The molecule has 0 fully saturated rings. The quantitative estimate of drug-likeness (QED) is 0.651. The van der Waals surface area contributed by atoms with Crippen molar-refractivity contribution in [2.75, 3.05) is 11.3 Å². The smallest absolute Gasteiger partial charge is 0.270 e. The summed E-state index contributed by atoms with van der Waals surface area (Å²) in [5.74, 6) is 0.388. The molecule has 0 atom stereocenters. The van der Waals surface area contributed by atoms with Gasteiger partial charge in [-0.2, -0.15) is 0 Å². The fourth-order valence-corrected chi connectivity index (χ4v) is 2.91. The maximum Gasteiger partial charge on any atom is 0.270 e. The van der Waals surface area contributed by atoms with Gasteiger partial charge in [-0.25, -0.2) is 8.42 Å². The lowest BCUT2D eigenvalue weighted by atomic mass is 10.3. The number of benzene rings is 2. The third-order valence-electron chi connectivity index (χ3n) is 2.77. The Labute approximate surface area is 127 Å². The first-order chi connectivity index (χ1) is 10.4. The zero-order chi connectivity index (χ0) is 16.2. The number of nitrogens with zero attached hydrogens (tertiary/aromatic N) is 1. The van der Waals surface area contributed by atoms with Crippen LogP contribution in [0, 0.1) is 10.1 Å². The first kappa shape index (κ1) is 15.8. The van der Waals surface area contributed by atoms with E-state index in [0.29, 0.717) is 12.4 Å². The molecule has 2 aromatic carbocycles. The van der Waals surface area contributed by atoms with E-state index in [1.54, 1.807) is 31.2 Å². The Morgan fingerprint density at radius 1 is 1.18 bits per heavy atom. The maximum atomic E-state index is 12.3. The number of nitro groups is 1. The van der Waals surface area contributed by atoms with Crippen LogP contribution in [0.25, 0.3) is 0 Å². The maximum absolute atomic E-state index is 12.3. The number of ether oxygens (including phenoxy) is 1. The molecule has 0 heterocycles. The first-order valence-corrected chi connectivity index (χ1v) is 7.91. The number of rotatable bonds is 6. The highest BCUT2D eigenvalue weighted by atomic mass is 32.2. The molecule has 0 saturated heterocycles. The summed E-state index contributed by atoms with van der Waals surface area (Å²) in [6.45, 7) is 2.17. The highest BCUT2D eigenvalue weighted by Crippen LogP contribution is 2.27. The van der Waals surface area contributed by atoms with E-state index in [-0.39, 0.29) is 16.3 Å². The molecule has 0 aliphatic heterocycles. The molecule has 7 nitrogen and oxygen atoms in total. The molecule has 0 aromatic heterocycles. The SMILES string of the molecule is CCOc1ccccc1NS(=O)(=O)c1cccc([N+](=O)[O-])c1. The average molecular weight is 322 g/mol. The Morgan fingerprint density at radius 3 is 2.59 bits per heavy atom. The Balaban J connectivity index is 2.36. The molecule has 0 aliphatic carbocycles. The van der Waals surface area contributed by atoms with E-state index in [0.717, 1.165) is 6.07 Å². The Bertz CT molecular complexity index is 789. The number of nitrogens with one attached hydrogen (secondary N) is 1. The van der Waals surface area contributed by atoms with Gasteiger partial charge in [0.2, 0.25) is 0 Å². The molecule has 0 amide bonds. The summed E-state index contributed by atoms with van der Waals surface area (Å²) in [4.78, 5) is 9.92. The minimum Gasteiger partial charge on any atom is -0.492 e. The van der Waals surface area contributed by atoms with Gasteiger partial charge in [-0.3, -0.25) is 14.8 Å². The normalized spacial score (nSPS) is 11.0. The molecular weight excluding hydrogens is 308 g/mol. The molecular formula is C14H14N2O5S. The van der Waals surface area contributed by atoms with Crippen LogP contribution in [0.5, 0.6) is 5.75 Å². The topological polar surface area (TPSA) is 98.5 Å². The highest BCUT2D eigenvalue weighted by molar-refractivity contribution is 7.92. The molecule has 0 unspecified atom stereocenters. The molecule has 0 aliphatic rings. The van der Waals surface area contributed by atoms with Crippen molar-refractivity contribution in [2.45, 2.75) is 11.8 Å². The van der Waals surface area contributed by atoms with Crippen molar-refractivity contribution in [3.8, 4) is 5.75 Å². The van der Waals surface area contributed by atoms with Crippen molar-refractivity contribution in [3.05, 3.63) is 58.6 Å². The van der Waals surface area contributed by atoms with Gasteiger partial charge in [-0.15, -0.1) is 0 Å². The van der Waals surface area contributed by atoms with E-state index in [2.05, 4.69) is 4.72 Å². The van der Waals surface area contributed by atoms with Crippen molar-refractivity contribution in [2.24, 2.45) is 0 Å². The van der Waals surface area contributed by atoms with Gasteiger partial charge in [0.05, 0.1) is 22.1 Å². The van der Waals surface area contributed by atoms with Gasteiger partial charge in [-0.1, -0.05) is 18.2 Å². The predicted octanol–water partition coefficient (Wildman–Crippen LogP) is 2.79. The van der Waals surface area contributed by atoms with Gasteiger partial charge < -0.3 is 4.74 Å². The van der Waals surface area contributed by atoms with Gasteiger partial charge >= 0.3 is 0 Å². The molecule has 2 rings (SSSR count). The number of non-ortho nitro benzene ring substituents is 1. The molecule has 0 saturated carbocycles. The first-order valence-electron chi connectivity index (χ1n) is 6.43. The van der Waals surface area contributed by atoms with E-state index in [1.807, 2.05) is 0 Å². The van der Waals surface area contributed by atoms with Crippen molar-refractivity contribution in [1.82, 2.24) is 0 Å². The Kier molecular flexibility index (Phi) is 4.62. The van der Waals surface area contributed by atoms with Gasteiger partial charge in [0.25, 0.3) is 15.7 Å². The van der Waals surface area contributed by atoms with Crippen LogP contribution in [0.4, 0.5) is 11.4 Å². The van der Waals surface area contributed by atoms with Crippen LogP contribution in [-0.2, 0) is 10.0 Å². The Morgan fingerprint density at radius 2 is 1.91 bits per heavy atom. The third-order valence-corrected chi connectivity index (χ3v) is 4.13. The standard InChI is InChI=1S/C14H14N2O5S/c1-2-21-14-9-4-3-8-13(14)15-22(19,20)12-7-5-6-11(10-12)16(17)18/h3-10,15H,2H2,1H3. The van der Waals surface area contributed by atoms with Crippen LogP contribution >= 0.6 is 0 Å². The molecule has 2 aromatic rings. The monoisotopic (exact) mass is 322 g/mol. The second kappa shape index (κ2) is 6.44. The fraction of sp³-hybridized carbons (Fsp3) is 0.143. The van der Waals surface area contributed by atoms with E-state index >= 15 is 0 Å². The fourth-order valence-electron chi connectivity index (χ4n) is 1.80. The van der Waals surface area contributed by atoms with E-state index in [4.69, 9.17) is 4.74 Å². The second-order valence-corrected chi connectivity index (χ2v) is 5.97. The summed E-state index contributed by atoms with van der Waals surface area (Å²) >= 11 is 0. The molecule has 22 heavy (non-hydrogen) atoms. The van der Waals surface area contributed by atoms with Crippen molar-refractivity contribution in [3.63, 3.8) is 0 Å². The van der Waals surface area contributed by atoms with Gasteiger partial charge in [0, 0.05) is 12.1 Å². The molecule has 0 radical (unpaired) electrons. The largest absolute Gasteiger partial charge is 0.492 e. The predicted molar refractivity (Wildman–Crippen MR) is 81.5 cm³/mol. The molecule has 8 heteroatoms. The lowest BCUT2D eigenvalue weighted by Crippen LogP contribution is -2.14. The molecule has 116 valence electrons. The second-order valence-electron chi connectivity index (χ2n) is 4.29. The van der Waals surface area contributed by atoms with E-state index in [1.165, 1.54) is 18.2 Å². The summed E-state index contributed by atoms with van der Waals surface area (Å²) < 4.78 is 32.4. The lowest BCUT2D eigenvalue weighted by molar-refractivity contribution is -0.385. The van der Waals surface area contributed by atoms with Gasteiger partial charge in [-0.05, 0) is 25.1 Å². The van der Waals surface area contributed by atoms with Gasteiger partial charge in [0.15, 0.2) is 0 Å².